The first-order chi connectivity index (χ1) is 8.06. The van der Waals surface area contributed by atoms with Gasteiger partial charge in [0, 0.05) is 19.5 Å². The fourth-order valence-corrected chi connectivity index (χ4v) is 1.70. The van der Waals surface area contributed by atoms with Crippen LogP contribution in [-0.2, 0) is 6.42 Å². The normalized spacial score (nSPS) is 14.3. The summed E-state index contributed by atoms with van der Waals surface area (Å²) in [4.78, 5) is 2.10. The molecule has 1 atom stereocenters. The molecule has 17 heavy (non-hydrogen) atoms. The number of hydrogen-bond acceptors (Lipinski definition) is 3. The molecule has 0 bridgehead atoms. The van der Waals surface area contributed by atoms with Gasteiger partial charge in [-0.25, -0.2) is 0 Å². The van der Waals surface area contributed by atoms with Gasteiger partial charge < -0.3 is 4.90 Å². The molecule has 0 spiro atoms. The summed E-state index contributed by atoms with van der Waals surface area (Å²) in [6, 6.07) is 12.5. The molecule has 1 aromatic rings. The molecule has 0 saturated carbocycles. The van der Waals surface area contributed by atoms with Gasteiger partial charge in [0.1, 0.15) is 5.54 Å². The van der Waals surface area contributed by atoms with Gasteiger partial charge in [-0.05, 0) is 26.6 Å². The molecule has 0 radical (unpaired) electrons. The topological polar surface area (TPSA) is 39.1 Å². The van der Waals surface area contributed by atoms with Crippen molar-refractivity contribution in [1.29, 1.82) is 5.26 Å². The highest BCUT2D eigenvalue weighted by molar-refractivity contribution is 5.21. The monoisotopic (exact) mass is 231 g/mol. The zero-order chi connectivity index (χ0) is 12.7. The van der Waals surface area contributed by atoms with Gasteiger partial charge in [0.05, 0.1) is 6.07 Å². The highest BCUT2D eigenvalue weighted by Crippen LogP contribution is 2.11. The van der Waals surface area contributed by atoms with Crippen LogP contribution in [-0.4, -0.2) is 37.6 Å². The molecule has 3 heteroatoms. The van der Waals surface area contributed by atoms with Crippen molar-refractivity contribution in [1.82, 2.24) is 10.2 Å². The minimum absolute atomic E-state index is 0.489. The first kappa shape index (κ1) is 13.7. The van der Waals surface area contributed by atoms with E-state index in [1.807, 2.05) is 39.2 Å². The predicted molar refractivity (Wildman–Crippen MR) is 70.7 cm³/mol. The number of nitrogens with zero attached hydrogens (tertiary/aromatic N) is 2. The van der Waals surface area contributed by atoms with Crippen molar-refractivity contribution < 1.29 is 0 Å². The average molecular weight is 231 g/mol. The lowest BCUT2D eigenvalue weighted by Crippen LogP contribution is -2.45. The van der Waals surface area contributed by atoms with E-state index in [9.17, 15) is 5.26 Å². The van der Waals surface area contributed by atoms with Gasteiger partial charge in [0.2, 0.25) is 0 Å². The minimum atomic E-state index is -0.489. The highest BCUT2D eigenvalue weighted by Gasteiger charge is 2.23. The second kappa shape index (κ2) is 6.39. The van der Waals surface area contributed by atoms with Gasteiger partial charge >= 0.3 is 0 Å². The van der Waals surface area contributed by atoms with Crippen LogP contribution in [0.2, 0.25) is 0 Å². The summed E-state index contributed by atoms with van der Waals surface area (Å²) >= 11 is 0. The van der Waals surface area contributed by atoms with Gasteiger partial charge in [-0.3, -0.25) is 5.32 Å². The molecule has 0 saturated heterocycles. The number of nitrogens with one attached hydrogen (secondary N) is 1. The summed E-state index contributed by atoms with van der Waals surface area (Å²) in [5.74, 6) is 0. The summed E-state index contributed by atoms with van der Waals surface area (Å²) in [7, 11) is 4.06. The molecule has 0 fully saturated rings. The van der Waals surface area contributed by atoms with Gasteiger partial charge in [-0.15, -0.1) is 0 Å². The lowest BCUT2D eigenvalue weighted by Gasteiger charge is -2.24. The summed E-state index contributed by atoms with van der Waals surface area (Å²) in [5.41, 5.74) is 0.700. The zero-order valence-electron chi connectivity index (χ0n) is 10.9. The molecule has 0 aromatic heterocycles. The first-order valence-electron chi connectivity index (χ1n) is 5.91. The summed E-state index contributed by atoms with van der Waals surface area (Å²) in [6.45, 7) is 3.71. The Bertz CT molecular complexity index is 367. The molecule has 3 nitrogen and oxygen atoms in total. The van der Waals surface area contributed by atoms with E-state index >= 15 is 0 Å². The number of likely N-dealkylation sites (N-methyl/N-ethyl adjacent to an activating group) is 1. The van der Waals surface area contributed by atoms with Crippen molar-refractivity contribution in [2.75, 3.05) is 27.2 Å². The van der Waals surface area contributed by atoms with E-state index in [1.165, 1.54) is 5.56 Å². The third kappa shape index (κ3) is 4.99. The quantitative estimate of drug-likeness (QED) is 0.809. The maximum atomic E-state index is 9.29. The Balaban J connectivity index is 2.54. The fraction of sp³-hybridized carbons (Fsp3) is 0.500. The molecular weight excluding hydrogens is 210 g/mol. The lowest BCUT2D eigenvalue weighted by atomic mass is 9.94. The van der Waals surface area contributed by atoms with Crippen molar-refractivity contribution in [2.24, 2.45) is 0 Å². The van der Waals surface area contributed by atoms with Crippen molar-refractivity contribution in [3.8, 4) is 6.07 Å². The van der Waals surface area contributed by atoms with Crippen LogP contribution in [0.15, 0.2) is 30.3 Å². The molecular formula is C14H21N3. The highest BCUT2D eigenvalue weighted by atomic mass is 15.1. The molecule has 0 aliphatic rings. The number of nitriles is 1. The van der Waals surface area contributed by atoms with E-state index in [4.69, 9.17) is 0 Å². The summed E-state index contributed by atoms with van der Waals surface area (Å²) in [5, 5.41) is 12.6. The fourth-order valence-electron chi connectivity index (χ4n) is 1.70. The molecule has 0 heterocycles. The lowest BCUT2D eigenvalue weighted by molar-refractivity contribution is 0.362. The van der Waals surface area contributed by atoms with E-state index in [0.29, 0.717) is 0 Å². The van der Waals surface area contributed by atoms with Crippen LogP contribution in [0.4, 0.5) is 0 Å². The molecule has 0 amide bonds. The third-order valence-corrected chi connectivity index (χ3v) is 2.72. The van der Waals surface area contributed by atoms with Crippen LogP contribution >= 0.6 is 0 Å². The molecule has 1 unspecified atom stereocenters. The van der Waals surface area contributed by atoms with Crippen LogP contribution in [0.5, 0.6) is 0 Å². The van der Waals surface area contributed by atoms with Crippen LogP contribution in [0.25, 0.3) is 0 Å². The van der Waals surface area contributed by atoms with Crippen LogP contribution < -0.4 is 5.32 Å². The van der Waals surface area contributed by atoms with Crippen molar-refractivity contribution in [3.63, 3.8) is 0 Å². The number of hydrogen-bond donors (Lipinski definition) is 1. The third-order valence-electron chi connectivity index (χ3n) is 2.72. The number of rotatable bonds is 6. The Morgan fingerprint density at radius 3 is 2.47 bits per heavy atom. The Hall–Kier alpha value is -1.37. The molecule has 1 aromatic carbocycles. The zero-order valence-corrected chi connectivity index (χ0v) is 10.9. The predicted octanol–water partition coefficient (Wildman–Crippen LogP) is 1.66. The Labute approximate surface area is 104 Å². The average Bonchev–Trinajstić information content (AvgIpc) is 2.30. The van der Waals surface area contributed by atoms with E-state index in [2.05, 4.69) is 28.4 Å². The molecule has 1 N–H and O–H groups in total. The van der Waals surface area contributed by atoms with Crippen molar-refractivity contribution >= 4 is 0 Å². The maximum absolute atomic E-state index is 9.29. The van der Waals surface area contributed by atoms with Gasteiger partial charge in [-0.2, -0.15) is 5.26 Å². The second-order valence-corrected chi connectivity index (χ2v) is 4.84. The minimum Gasteiger partial charge on any atom is -0.308 e. The van der Waals surface area contributed by atoms with E-state index < -0.39 is 5.54 Å². The first-order valence-corrected chi connectivity index (χ1v) is 5.91. The summed E-state index contributed by atoms with van der Waals surface area (Å²) < 4.78 is 0. The van der Waals surface area contributed by atoms with E-state index in [0.717, 1.165) is 19.5 Å². The SMILES string of the molecule is CN(C)CCNC(C)(C#N)Cc1ccccc1. The Morgan fingerprint density at radius 1 is 1.29 bits per heavy atom. The molecule has 1 rings (SSSR count). The summed E-state index contributed by atoms with van der Waals surface area (Å²) in [6.07, 6.45) is 0.734. The second-order valence-electron chi connectivity index (χ2n) is 4.84. The number of benzene rings is 1. The molecule has 92 valence electrons. The van der Waals surface area contributed by atoms with Crippen LogP contribution in [0.3, 0.4) is 0 Å². The smallest absolute Gasteiger partial charge is 0.108 e. The van der Waals surface area contributed by atoms with E-state index in [-0.39, 0.29) is 0 Å². The standard InChI is InChI=1S/C14H21N3/c1-14(12-15,16-9-10-17(2)3)11-13-7-5-4-6-8-13/h4-8,16H,9-11H2,1-3H3. The van der Waals surface area contributed by atoms with Crippen molar-refractivity contribution in [3.05, 3.63) is 35.9 Å². The van der Waals surface area contributed by atoms with Gasteiger partial charge in [0.15, 0.2) is 0 Å². The molecule has 0 aliphatic carbocycles. The van der Waals surface area contributed by atoms with Gasteiger partial charge in [-0.1, -0.05) is 30.3 Å². The Morgan fingerprint density at radius 2 is 1.94 bits per heavy atom. The maximum Gasteiger partial charge on any atom is 0.108 e. The van der Waals surface area contributed by atoms with E-state index in [1.54, 1.807) is 0 Å². The van der Waals surface area contributed by atoms with Crippen LogP contribution in [0, 0.1) is 11.3 Å². The largest absolute Gasteiger partial charge is 0.308 e. The Kier molecular flexibility index (Phi) is 5.14. The van der Waals surface area contributed by atoms with Crippen LogP contribution in [0.1, 0.15) is 12.5 Å². The molecule has 0 aliphatic heterocycles. The van der Waals surface area contributed by atoms with Crippen molar-refractivity contribution in [2.45, 2.75) is 18.9 Å². The van der Waals surface area contributed by atoms with Gasteiger partial charge in [0.25, 0.3) is 0 Å².